The largest absolute Gasteiger partial charge is 0.326 e. The van der Waals surface area contributed by atoms with Crippen molar-refractivity contribution >= 4 is 48.6 Å². The van der Waals surface area contributed by atoms with Gasteiger partial charge in [0.1, 0.15) is 4.21 Å². The van der Waals surface area contributed by atoms with Crippen molar-refractivity contribution < 1.29 is 8.42 Å². The zero-order valence-electron chi connectivity index (χ0n) is 10.2. The number of nitrogens with zero attached hydrogens (tertiary/aromatic N) is 1. The average Bonchev–Trinajstić information content (AvgIpc) is 3.06. The van der Waals surface area contributed by atoms with Gasteiger partial charge in [-0.25, -0.2) is 13.4 Å². The van der Waals surface area contributed by atoms with Crippen LogP contribution in [0.25, 0.3) is 10.2 Å². The first-order valence-corrected chi connectivity index (χ1v) is 8.91. The predicted molar refractivity (Wildman–Crippen MR) is 82.6 cm³/mol. The number of rotatable bonds is 4. The molecular weight excluding hydrogens is 314 g/mol. The lowest BCUT2D eigenvalue weighted by molar-refractivity contribution is 0.603. The van der Waals surface area contributed by atoms with Gasteiger partial charge in [-0.1, -0.05) is 0 Å². The van der Waals surface area contributed by atoms with Crippen molar-refractivity contribution in [2.24, 2.45) is 5.73 Å². The number of sulfonamides is 1. The predicted octanol–water partition coefficient (Wildman–Crippen LogP) is 2.62. The number of nitrogens with two attached hydrogens (primary N) is 1. The van der Waals surface area contributed by atoms with E-state index in [-0.39, 0.29) is 4.21 Å². The molecule has 0 amide bonds. The molecule has 0 saturated heterocycles. The second-order valence-corrected chi connectivity index (χ2v) is 8.03. The lowest BCUT2D eigenvalue weighted by atomic mass is 10.3. The van der Waals surface area contributed by atoms with Crippen LogP contribution in [0.15, 0.2) is 40.1 Å². The summed E-state index contributed by atoms with van der Waals surface area (Å²) in [6.07, 6.45) is 0. The second-order valence-electron chi connectivity index (χ2n) is 4.07. The monoisotopic (exact) mass is 325 g/mol. The molecule has 5 nitrogen and oxygen atoms in total. The standard InChI is InChI=1S/C12H11N3O2S3/c13-6-9-2-4-12(19-9)20(16,17)15-8-1-3-10-11(5-8)18-7-14-10/h1-5,7,15H,6,13H2. The first-order chi connectivity index (χ1) is 9.58. The number of fused-ring (bicyclic) bond motifs is 1. The molecule has 0 spiro atoms. The van der Waals surface area contributed by atoms with Gasteiger partial charge < -0.3 is 5.73 Å². The van der Waals surface area contributed by atoms with Gasteiger partial charge in [0, 0.05) is 11.4 Å². The number of benzene rings is 1. The van der Waals surface area contributed by atoms with Crippen molar-refractivity contribution in [1.29, 1.82) is 0 Å². The molecule has 0 aliphatic heterocycles. The van der Waals surface area contributed by atoms with Crippen LogP contribution in [0.1, 0.15) is 4.88 Å². The zero-order valence-corrected chi connectivity index (χ0v) is 12.7. The number of hydrogen-bond acceptors (Lipinski definition) is 6. The van der Waals surface area contributed by atoms with Gasteiger partial charge in [0.15, 0.2) is 0 Å². The molecule has 0 bridgehead atoms. The number of anilines is 1. The van der Waals surface area contributed by atoms with Gasteiger partial charge in [-0.3, -0.25) is 4.72 Å². The Morgan fingerprint density at radius 2 is 2.10 bits per heavy atom. The Morgan fingerprint density at radius 3 is 2.85 bits per heavy atom. The maximum absolute atomic E-state index is 12.3. The quantitative estimate of drug-likeness (QED) is 0.772. The van der Waals surface area contributed by atoms with E-state index in [9.17, 15) is 8.42 Å². The van der Waals surface area contributed by atoms with E-state index in [0.717, 1.165) is 15.1 Å². The summed E-state index contributed by atoms with van der Waals surface area (Å²) in [4.78, 5) is 4.99. The molecule has 0 radical (unpaired) electrons. The minimum absolute atomic E-state index is 0.266. The minimum Gasteiger partial charge on any atom is -0.326 e. The van der Waals surface area contributed by atoms with Gasteiger partial charge in [0.2, 0.25) is 0 Å². The third-order valence-electron chi connectivity index (χ3n) is 2.69. The molecule has 2 heterocycles. The van der Waals surface area contributed by atoms with Gasteiger partial charge in [-0.2, -0.15) is 0 Å². The Morgan fingerprint density at radius 1 is 1.25 bits per heavy atom. The van der Waals surface area contributed by atoms with E-state index in [1.807, 2.05) is 0 Å². The highest BCUT2D eigenvalue weighted by atomic mass is 32.2. The van der Waals surface area contributed by atoms with Gasteiger partial charge in [-0.15, -0.1) is 22.7 Å². The van der Waals surface area contributed by atoms with Crippen LogP contribution in [-0.4, -0.2) is 13.4 Å². The molecule has 0 unspecified atom stereocenters. The van der Waals surface area contributed by atoms with Crippen molar-refractivity contribution in [3.8, 4) is 0 Å². The molecule has 0 aliphatic carbocycles. The van der Waals surface area contributed by atoms with E-state index in [1.54, 1.807) is 35.8 Å². The van der Waals surface area contributed by atoms with Crippen LogP contribution in [0.2, 0.25) is 0 Å². The summed E-state index contributed by atoms with van der Waals surface area (Å²) in [5, 5.41) is 0. The van der Waals surface area contributed by atoms with Gasteiger partial charge in [-0.05, 0) is 30.3 Å². The summed E-state index contributed by atoms with van der Waals surface area (Å²) in [7, 11) is -3.56. The Hall–Kier alpha value is -1.48. The van der Waals surface area contributed by atoms with Gasteiger partial charge in [0.05, 0.1) is 21.4 Å². The number of nitrogens with one attached hydrogen (secondary N) is 1. The second kappa shape index (κ2) is 5.13. The summed E-state index contributed by atoms with van der Waals surface area (Å²) >= 11 is 2.65. The Labute approximate surface area is 124 Å². The van der Waals surface area contributed by atoms with E-state index in [4.69, 9.17) is 5.73 Å². The Kier molecular flexibility index (Phi) is 3.47. The molecule has 1 aromatic carbocycles. The van der Waals surface area contributed by atoms with Crippen LogP contribution in [0.3, 0.4) is 0 Å². The van der Waals surface area contributed by atoms with Crippen LogP contribution in [0.4, 0.5) is 5.69 Å². The normalized spacial score (nSPS) is 11.8. The fraction of sp³-hybridized carbons (Fsp3) is 0.0833. The number of thiophene rings is 1. The van der Waals surface area contributed by atoms with Crippen LogP contribution < -0.4 is 10.5 Å². The SMILES string of the molecule is NCc1ccc(S(=O)(=O)Nc2ccc3ncsc3c2)s1. The fourth-order valence-corrected chi connectivity index (χ4v) is 4.74. The van der Waals surface area contributed by atoms with Crippen molar-refractivity contribution in [3.63, 3.8) is 0 Å². The third kappa shape index (κ3) is 2.55. The summed E-state index contributed by atoms with van der Waals surface area (Å²) in [5.74, 6) is 0. The van der Waals surface area contributed by atoms with Crippen molar-refractivity contribution in [1.82, 2.24) is 4.98 Å². The smallest absolute Gasteiger partial charge is 0.271 e. The zero-order chi connectivity index (χ0) is 14.2. The first-order valence-electron chi connectivity index (χ1n) is 5.73. The Balaban J connectivity index is 1.92. The summed E-state index contributed by atoms with van der Waals surface area (Å²) in [6, 6.07) is 8.58. The van der Waals surface area contributed by atoms with E-state index in [2.05, 4.69) is 9.71 Å². The number of thiazole rings is 1. The highest BCUT2D eigenvalue weighted by Gasteiger charge is 2.17. The molecule has 3 N–H and O–H groups in total. The van der Waals surface area contributed by atoms with E-state index >= 15 is 0 Å². The van der Waals surface area contributed by atoms with Crippen molar-refractivity contribution in [3.05, 3.63) is 40.7 Å². The molecule has 0 atom stereocenters. The fourth-order valence-electron chi connectivity index (χ4n) is 1.74. The molecule has 104 valence electrons. The van der Waals surface area contributed by atoms with E-state index < -0.39 is 10.0 Å². The maximum atomic E-state index is 12.3. The average molecular weight is 325 g/mol. The maximum Gasteiger partial charge on any atom is 0.271 e. The molecule has 20 heavy (non-hydrogen) atoms. The summed E-state index contributed by atoms with van der Waals surface area (Å²) in [5.41, 5.74) is 8.62. The number of hydrogen-bond donors (Lipinski definition) is 2. The van der Waals surface area contributed by atoms with Crippen LogP contribution >= 0.6 is 22.7 Å². The number of aromatic nitrogens is 1. The lowest BCUT2D eigenvalue weighted by Gasteiger charge is -2.05. The lowest BCUT2D eigenvalue weighted by Crippen LogP contribution is -2.11. The first kappa shape index (κ1) is 13.5. The molecule has 3 aromatic rings. The van der Waals surface area contributed by atoms with E-state index in [1.165, 1.54) is 22.7 Å². The summed E-state index contributed by atoms with van der Waals surface area (Å²) in [6.45, 7) is 0.340. The van der Waals surface area contributed by atoms with Crippen LogP contribution in [0.5, 0.6) is 0 Å². The molecule has 3 rings (SSSR count). The molecule has 0 fully saturated rings. The summed E-state index contributed by atoms with van der Waals surface area (Å²) < 4.78 is 28.3. The molecule has 0 aliphatic rings. The molecular formula is C12H11N3O2S3. The van der Waals surface area contributed by atoms with E-state index in [0.29, 0.717) is 12.2 Å². The third-order valence-corrected chi connectivity index (χ3v) is 6.46. The van der Waals surface area contributed by atoms with Crippen LogP contribution in [0, 0.1) is 0 Å². The molecule has 0 saturated carbocycles. The van der Waals surface area contributed by atoms with Gasteiger partial charge >= 0.3 is 0 Å². The molecule has 8 heteroatoms. The highest BCUT2D eigenvalue weighted by Crippen LogP contribution is 2.26. The van der Waals surface area contributed by atoms with Crippen molar-refractivity contribution in [2.45, 2.75) is 10.8 Å². The van der Waals surface area contributed by atoms with Crippen molar-refractivity contribution in [2.75, 3.05) is 4.72 Å². The Bertz CT molecular complexity index is 852. The molecule has 2 aromatic heterocycles. The van der Waals surface area contributed by atoms with Crippen LogP contribution in [-0.2, 0) is 16.6 Å². The van der Waals surface area contributed by atoms with Gasteiger partial charge in [0.25, 0.3) is 10.0 Å². The minimum atomic E-state index is -3.56. The topological polar surface area (TPSA) is 85.1 Å². The highest BCUT2D eigenvalue weighted by molar-refractivity contribution is 7.94.